The van der Waals surface area contributed by atoms with Crippen LogP contribution < -0.4 is 15.0 Å². The predicted octanol–water partition coefficient (Wildman–Crippen LogP) is 7.59. The van der Waals surface area contributed by atoms with Crippen LogP contribution in [0.4, 0.5) is 0 Å². The van der Waals surface area contributed by atoms with Gasteiger partial charge >= 0.3 is 0 Å². The number of aromatic nitrogens is 2. The third-order valence-electron chi connectivity index (χ3n) is 6.25. The van der Waals surface area contributed by atoms with Gasteiger partial charge in [-0.25, -0.2) is 4.98 Å². The van der Waals surface area contributed by atoms with E-state index >= 15 is 0 Å². The molecule has 0 aliphatic heterocycles. The molecule has 0 unspecified atom stereocenters. The summed E-state index contributed by atoms with van der Waals surface area (Å²) in [6.07, 6.45) is 1.51. The Hall–Kier alpha value is -4.59. The highest BCUT2D eigenvalue weighted by Gasteiger charge is 2.17. The molecule has 7 nitrogen and oxygen atoms in total. The first-order chi connectivity index (χ1) is 19.5. The Bertz CT molecular complexity index is 1950. The van der Waals surface area contributed by atoms with E-state index in [9.17, 15) is 4.79 Å². The second kappa shape index (κ2) is 10.9. The number of methoxy groups -OCH3 is 1. The van der Waals surface area contributed by atoms with E-state index in [0.717, 1.165) is 10.9 Å². The fraction of sp³-hybridized carbons (Fsp3) is 0.0645. The molecule has 0 N–H and O–H groups in total. The van der Waals surface area contributed by atoms with Gasteiger partial charge in [0.2, 0.25) is 5.82 Å². The summed E-state index contributed by atoms with van der Waals surface area (Å²) in [5.41, 5.74) is 2.37. The average Bonchev–Trinajstić information content (AvgIpc) is 3.39. The van der Waals surface area contributed by atoms with E-state index in [4.69, 9.17) is 42.1 Å². The number of hydrogen-bond donors (Lipinski definition) is 0. The summed E-state index contributed by atoms with van der Waals surface area (Å²) in [7, 11) is 1.53. The molecule has 0 atom stereocenters. The molecular formula is C31H21Cl2N3O4. The minimum absolute atomic E-state index is 0.244. The highest BCUT2D eigenvalue weighted by Crippen LogP contribution is 2.37. The van der Waals surface area contributed by atoms with Gasteiger partial charge in [-0.15, -0.1) is 0 Å². The number of para-hydroxylation sites is 1. The van der Waals surface area contributed by atoms with Crippen molar-refractivity contribution in [1.29, 1.82) is 0 Å². The zero-order chi connectivity index (χ0) is 27.6. The van der Waals surface area contributed by atoms with Crippen molar-refractivity contribution in [3.8, 4) is 23.1 Å². The summed E-state index contributed by atoms with van der Waals surface area (Å²) in [6, 6.07) is 27.3. The van der Waals surface area contributed by atoms with Crippen LogP contribution in [-0.2, 0) is 6.61 Å². The first-order valence-electron chi connectivity index (χ1n) is 12.3. The summed E-state index contributed by atoms with van der Waals surface area (Å²) in [4.78, 5) is 18.3. The lowest BCUT2D eigenvalue weighted by Crippen LogP contribution is -2.20. The molecule has 9 heteroatoms. The lowest BCUT2D eigenvalue weighted by molar-refractivity contribution is 0.284. The monoisotopic (exact) mass is 569 g/mol. The standard InChI is InChI=1S/C31H21Cl2N3O4/c1-38-27-14-20(13-24(33)29(27)39-18-19-7-3-2-4-8-19)17-34-36-30(35-25-10-6-5-9-23(25)31(36)37)28-16-21-15-22(32)11-12-26(21)40-28/h2-17H,18H2,1H3. The van der Waals surface area contributed by atoms with Crippen LogP contribution in [0.1, 0.15) is 11.1 Å². The predicted molar refractivity (Wildman–Crippen MR) is 158 cm³/mol. The van der Waals surface area contributed by atoms with Gasteiger partial charge in [-0.05, 0) is 59.7 Å². The molecule has 40 heavy (non-hydrogen) atoms. The Labute approximate surface area is 238 Å². The molecule has 0 amide bonds. The second-order valence-electron chi connectivity index (χ2n) is 8.92. The van der Waals surface area contributed by atoms with Crippen LogP contribution in [0.2, 0.25) is 10.0 Å². The summed E-state index contributed by atoms with van der Waals surface area (Å²) in [5.74, 6) is 1.46. The highest BCUT2D eigenvalue weighted by atomic mass is 35.5. The van der Waals surface area contributed by atoms with E-state index in [1.807, 2.05) is 36.4 Å². The van der Waals surface area contributed by atoms with Gasteiger partial charge in [0.15, 0.2) is 17.3 Å². The summed E-state index contributed by atoms with van der Waals surface area (Å²) >= 11 is 12.7. The summed E-state index contributed by atoms with van der Waals surface area (Å²) in [5, 5.41) is 6.62. The number of hydrogen-bond acceptors (Lipinski definition) is 6. The number of rotatable bonds is 7. The Morgan fingerprint density at radius 2 is 1.77 bits per heavy atom. The first kappa shape index (κ1) is 25.7. The lowest BCUT2D eigenvalue weighted by atomic mass is 10.2. The van der Waals surface area contributed by atoms with E-state index in [1.165, 1.54) is 18.0 Å². The van der Waals surface area contributed by atoms with Gasteiger partial charge in [-0.3, -0.25) is 4.79 Å². The van der Waals surface area contributed by atoms with Crippen LogP contribution in [0.25, 0.3) is 33.5 Å². The van der Waals surface area contributed by atoms with E-state index in [2.05, 4.69) is 5.10 Å². The number of ether oxygens (including phenoxy) is 2. The molecule has 4 aromatic carbocycles. The van der Waals surface area contributed by atoms with Gasteiger partial charge in [0.05, 0.1) is 29.2 Å². The van der Waals surface area contributed by atoms with Crippen LogP contribution >= 0.6 is 23.2 Å². The van der Waals surface area contributed by atoms with Gasteiger partial charge in [0.25, 0.3) is 5.56 Å². The van der Waals surface area contributed by atoms with Crippen molar-refractivity contribution >= 4 is 51.3 Å². The number of nitrogens with zero attached hydrogens (tertiary/aromatic N) is 3. The summed E-state index contributed by atoms with van der Waals surface area (Å²) in [6.45, 7) is 0.328. The third kappa shape index (κ3) is 5.04. The van der Waals surface area contributed by atoms with Crippen LogP contribution in [0.3, 0.4) is 0 Å². The quantitative estimate of drug-likeness (QED) is 0.185. The second-order valence-corrected chi connectivity index (χ2v) is 9.76. The summed E-state index contributed by atoms with van der Waals surface area (Å²) < 4.78 is 18.7. The average molecular weight is 570 g/mol. The number of furan rings is 1. The van der Waals surface area contributed by atoms with E-state index in [1.54, 1.807) is 54.6 Å². The normalized spacial score (nSPS) is 11.5. The van der Waals surface area contributed by atoms with Gasteiger partial charge < -0.3 is 13.9 Å². The van der Waals surface area contributed by atoms with Crippen LogP contribution in [0.15, 0.2) is 105 Å². The third-order valence-corrected chi connectivity index (χ3v) is 6.77. The molecule has 198 valence electrons. The Kier molecular flexibility index (Phi) is 6.99. The Morgan fingerprint density at radius 1 is 0.975 bits per heavy atom. The number of halogens is 2. The molecular weight excluding hydrogens is 549 g/mol. The van der Waals surface area contributed by atoms with Gasteiger partial charge in [0.1, 0.15) is 12.2 Å². The fourth-order valence-electron chi connectivity index (χ4n) is 4.32. The molecule has 6 rings (SSSR count). The fourth-order valence-corrected chi connectivity index (χ4v) is 4.78. The SMILES string of the molecule is COc1cc(C=Nn2c(-c3cc4cc(Cl)ccc4o3)nc3ccccc3c2=O)cc(Cl)c1OCc1ccccc1. The van der Waals surface area contributed by atoms with E-state index in [-0.39, 0.29) is 11.4 Å². The molecule has 2 heterocycles. The van der Waals surface area contributed by atoms with Crippen molar-refractivity contribution in [3.05, 3.63) is 123 Å². The first-order valence-corrected chi connectivity index (χ1v) is 13.1. The van der Waals surface area contributed by atoms with Crippen LogP contribution in [0.5, 0.6) is 11.5 Å². The van der Waals surface area contributed by atoms with E-state index in [0.29, 0.717) is 56.0 Å². The van der Waals surface area contributed by atoms with Gasteiger partial charge in [0, 0.05) is 10.4 Å². The Balaban J connectivity index is 1.41. The molecule has 0 aliphatic carbocycles. The minimum atomic E-state index is -0.351. The molecule has 0 fully saturated rings. The minimum Gasteiger partial charge on any atom is -0.493 e. The number of fused-ring (bicyclic) bond motifs is 2. The van der Waals surface area contributed by atoms with E-state index < -0.39 is 0 Å². The topological polar surface area (TPSA) is 78.9 Å². The molecule has 0 saturated carbocycles. The molecule has 2 aromatic heterocycles. The van der Waals surface area contributed by atoms with Gasteiger partial charge in [-0.1, -0.05) is 65.7 Å². The maximum atomic E-state index is 13.6. The van der Waals surface area contributed by atoms with Crippen LogP contribution in [-0.4, -0.2) is 23.0 Å². The molecule has 6 aromatic rings. The molecule has 0 saturated heterocycles. The largest absolute Gasteiger partial charge is 0.493 e. The van der Waals surface area contributed by atoms with Crippen molar-refractivity contribution in [2.24, 2.45) is 5.10 Å². The molecule has 0 aliphatic rings. The molecule has 0 spiro atoms. The van der Waals surface area contributed by atoms with Crippen molar-refractivity contribution in [3.63, 3.8) is 0 Å². The lowest BCUT2D eigenvalue weighted by Gasteiger charge is -2.13. The molecule has 0 bridgehead atoms. The zero-order valence-corrected chi connectivity index (χ0v) is 22.7. The van der Waals surface area contributed by atoms with Crippen molar-refractivity contribution < 1.29 is 13.9 Å². The van der Waals surface area contributed by atoms with Crippen molar-refractivity contribution in [2.75, 3.05) is 7.11 Å². The van der Waals surface area contributed by atoms with Gasteiger partial charge in [-0.2, -0.15) is 9.78 Å². The van der Waals surface area contributed by atoms with Crippen molar-refractivity contribution in [1.82, 2.24) is 9.66 Å². The smallest absolute Gasteiger partial charge is 0.282 e. The Morgan fingerprint density at radius 3 is 2.60 bits per heavy atom. The maximum Gasteiger partial charge on any atom is 0.282 e. The molecule has 0 radical (unpaired) electrons. The highest BCUT2D eigenvalue weighted by molar-refractivity contribution is 6.32. The maximum absolute atomic E-state index is 13.6. The van der Waals surface area contributed by atoms with Crippen LogP contribution in [0, 0.1) is 0 Å². The zero-order valence-electron chi connectivity index (χ0n) is 21.2. The number of benzene rings is 4. The van der Waals surface area contributed by atoms with Crippen molar-refractivity contribution in [2.45, 2.75) is 6.61 Å².